The first-order chi connectivity index (χ1) is 13.0. The zero-order valence-electron chi connectivity index (χ0n) is 15.9. The molecule has 2 aliphatic heterocycles. The summed E-state index contributed by atoms with van der Waals surface area (Å²) < 4.78 is 10.9. The van der Waals surface area contributed by atoms with Gasteiger partial charge in [-0.1, -0.05) is 17.3 Å². The molecule has 1 amide bonds. The summed E-state index contributed by atoms with van der Waals surface area (Å²) in [5.74, 6) is 0.719. The van der Waals surface area contributed by atoms with Crippen molar-refractivity contribution in [1.29, 1.82) is 0 Å². The first-order valence-electron chi connectivity index (χ1n) is 9.44. The minimum Gasteiger partial charge on any atom is -0.496 e. The van der Waals surface area contributed by atoms with E-state index in [2.05, 4.69) is 10.5 Å². The van der Waals surface area contributed by atoms with Gasteiger partial charge >= 0.3 is 0 Å². The van der Waals surface area contributed by atoms with E-state index in [0.29, 0.717) is 38.9 Å². The predicted molar refractivity (Wildman–Crippen MR) is 101 cm³/mol. The lowest BCUT2D eigenvalue weighted by molar-refractivity contribution is -0.140. The highest BCUT2D eigenvalue weighted by molar-refractivity contribution is 6.03. The van der Waals surface area contributed by atoms with Gasteiger partial charge in [0.15, 0.2) is 0 Å². The summed E-state index contributed by atoms with van der Waals surface area (Å²) in [6.07, 6.45) is 1.75. The number of aliphatic hydroxyl groups is 1. The summed E-state index contributed by atoms with van der Waals surface area (Å²) in [6, 6.07) is 7.72. The van der Waals surface area contributed by atoms with Gasteiger partial charge in [-0.2, -0.15) is 0 Å². The molecule has 2 unspecified atom stereocenters. The SMILES string of the molecule is COc1ccccc1C1=NOC(CC2(C(=O)NCC(C)O)CCOCC2)C1. The average molecular weight is 376 g/mol. The Morgan fingerprint density at radius 1 is 1.41 bits per heavy atom. The Bertz CT molecular complexity index is 683. The van der Waals surface area contributed by atoms with E-state index in [4.69, 9.17) is 14.3 Å². The predicted octanol–water partition coefficient (Wildman–Crippen LogP) is 1.87. The second-order valence-corrected chi connectivity index (χ2v) is 7.33. The average Bonchev–Trinajstić information content (AvgIpc) is 3.14. The van der Waals surface area contributed by atoms with Gasteiger partial charge in [0.2, 0.25) is 5.91 Å². The molecule has 2 N–H and O–H groups in total. The Morgan fingerprint density at radius 2 is 2.15 bits per heavy atom. The molecule has 0 spiro atoms. The molecule has 2 atom stereocenters. The number of rotatable bonds is 7. The highest BCUT2D eigenvalue weighted by atomic mass is 16.6. The molecular weight excluding hydrogens is 348 g/mol. The number of methoxy groups -OCH3 is 1. The van der Waals surface area contributed by atoms with Gasteiger partial charge in [-0.3, -0.25) is 4.79 Å². The monoisotopic (exact) mass is 376 g/mol. The van der Waals surface area contributed by atoms with Gasteiger partial charge in [-0.15, -0.1) is 0 Å². The van der Waals surface area contributed by atoms with Gasteiger partial charge in [0.1, 0.15) is 11.9 Å². The molecule has 1 aromatic carbocycles. The van der Waals surface area contributed by atoms with Gasteiger partial charge in [-0.05, 0) is 31.9 Å². The van der Waals surface area contributed by atoms with Crippen LogP contribution in [0.5, 0.6) is 5.75 Å². The Morgan fingerprint density at radius 3 is 2.85 bits per heavy atom. The second kappa shape index (κ2) is 8.71. The first-order valence-corrected chi connectivity index (χ1v) is 9.44. The van der Waals surface area contributed by atoms with Gasteiger partial charge in [0.25, 0.3) is 0 Å². The third-order valence-corrected chi connectivity index (χ3v) is 5.26. The number of hydrogen-bond acceptors (Lipinski definition) is 6. The van der Waals surface area contributed by atoms with Crippen molar-refractivity contribution in [1.82, 2.24) is 5.32 Å². The summed E-state index contributed by atoms with van der Waals surface area (Å²) in [5.41, 5.74) is 1.20. The summed E-state index contributed by atoms with van der Waals surface area (Å²) in [6.45, 7) is 3.00. The Kier molecular flexibility index (Phi) is 6.34. The second-order valence-electron chi connectivity index (χ2n) is 7.33. The maximum absolute atomic E-state index is 12.9. The molecule has 0 saturated carbocycles. The van der Waals surface area contributed by atoms with Crippen LogP contribution >= 0.6 is 0 Å². The van der Waals surface area contributed by atoms with Gasteiger partial charge < -0.3 is 24.7 Å². The molecule has 1 aromatic rings. The topological polar surface area (TPSA) is 89.4 Å². The van der Waals surface area contributed by atoms with E-state index in [-0.39, 0.29) is 18.6 Å². The van der Waals surface area contributed by atoms with Crippen molar-refractivity contribution < 1.29 is 24.2 Å². The van der Waals surface area contributed by atoms with Crippen LogP contribution in [0.15, 0.2) is 29.4 Å². The highest BCUT2D eigenvalue weighted by Gasteiger charge is 2.43. The Balaban J connectivity index is 1.68. The Hall–Kier alpha value is -2.12. The van der Waals surface area contributed by atoms with E-state index >= 15 is 0 Å². The molecule has 148 valence electrons. The lowest BCUT2D eigenvalue weighted by atomic mass is 9.74. The van der Waals surface area contributed by atoms with E-state index in [0.717, 1.165) is 17.0 Å². The number of amides is 1. The standard InChI is InChI=1S/C20H28N2O5/c1-14(23)13-21-19(24)20(7-9-26-10-8-20)12-15-11-17(22-27-15)16-5-3-4-6-18(16)25-2/h3-6,14-15,23H,7-13H2,1-2H3,(H,21,24). The minimum absolute atomic E-state index is 0.0407. The number of para-hydroxylation sites is 1. The lowest BCUT2D eigenvalue weighted by Gasteiger charge is -2.37. The Labute approximate surface area is 159 Å². The highest BCUT2D eigenvalue weighted by Crippen LogP contribution is 2.39. The van der Waals surface area contributed by atoms with Crippen molar-refractivity contribution in [3.05, 3.63) is 29.8 Å². The number of hydrogen-bond donors (Lipinski definition) is 2. The normalized spacial score (nSPS) is 22.5. The molecule has 0 aromatic heterocycles. The molecule has 2 heterocycles. The van der Waals surface area contributed by atoms with Crippen LogP contribution in [0, 0.1) is 5.41 Å². The number of carbonyl (C=O) groups is 1. The molecule has 27 heavy (non-hydrogen) atoms. The zero-order chi connectivity index (χ0) is 19.3. The van der Waals surface area contributed by atoms with E-state index in [1.54, 1.807) is 14.0 Å². The van der Waals surface area contributed by atoms with Crippen LogP contribution in [0.1, 0.15) is 38.2 Å². The number of nitrogens with one attached hydrogen (secondary N) is 1. The van der Waals surface area contributed by atoms with Crippen LogP contribution in [0.25, 0.3) is 0 Å². The van der Waals surface area contributed by atoms with Crippen LogP contribution < -0.4 is 10.1 Å². The quantitative estimate of drug-likeness (QED) is 0.758. The van der Waals surface area contributed by atoms with Crippen LogP contribution in [0.2, 0.25) is 0 Å². The fourth-order valence-electron chi connectivity index (χ4n) is 3.73. The van der Waals surface area contributed by atoms with Crippen molar-refractivity contribution >= 4 is 11.6 Å². The van der Waals surface area contributed by atoms with Gasteiger partial charge in [0.05, 0.1) is 24.3 Å². The molecule has 0 bridgehead atoms. The first kappa shape index (κ1) is 19.6. The van der Waals surface area contributed by atoms with Crippen molar-refractivity contribution in [3.8, 4) is 5.75 Å². The van der Waals surface area contributed by atoms with Crippen LogP contribution in [-0.4, -0.2) is 55.8 Å². The summed E-state index contributed by atoms with van der Waals surface area (Å²) in [7, 11) is 1.64. The third-order valence-electron chi connectivity index (χ3n) is 5.26. The molecule has 2 aliphatic rings. The van der Waals surface area contributed by atoms with Crippen molar-refractivity contribution in [2.45, 2.75) is 44.8 Å². The van der Waals surface area contributed by atoms with Crippen LogP contribution in [0.4, 0.5) is 0 Å². The van der Waals surface area contributed by atoms with E-state index < -0.39 is 11.5 Å². The fraction of sp³-hybridized carbons (Fsp3) is 0.600. The number of oxime groups is 1. The largest absolute Gasteiger partial charge is 0.496 e. The van der Waals surface area contributed by atoms with Gasteiger partial charge in [0, 0.05) is 38.2 Å². The van der Waals surface area contributed by atoms with Crippen LogP contribution in [-0.2, 0) is 14.4 Å². The molecule has 1 fully saturated rings. The van der Waals surface area contributed by atoms with Crippen molar-refractivity contribution in [2.75, 3.05) is 26.9 Å². The molecule has 7 nitrogen and oxygen atoms in total. The van der Waals surface area contributed by atoms with Gasteiger partial charge in [-0.25, -0.2) is 0 Å². The molecule has 1 saturated heterocycles. The van der Waals surface area contributed by atoms with E-state index in [1.165, 1.54) is 0 Å². The maximum atomic E-state index is 12.9. The lowest BCUT2D eigenvalue weighted by Crippen LogP contribution is -2.48. The molecular formula is C20H28N2O5. The minimum atomic E-state index is -0.575. The number of aliphatic hydroxyl groups excluding tert-OH is 1. The van der Waals surface area contributed by atoms with Crippen LogP contribution in [0.3, 0.4) is 0 Å². The zero-order valence-corrected chi connectivity index (χ0v) is 15.9. The van der Waals surface area contributed by atoms with Crippen molar-refractivity contribution in [2.24, 2.45) is 10.6 Å². The third kappa shape index (κ3) is 4.59. The maximum Gasteiger partial charge on any atom is 0.226 e. The molecule has 0 radical (unpaired) electrons. The van der Waals surface area contributed by atoms with E-state index in [1.807, 2.05) is 24.3 Å². The number of benzene rings is 1. The van der Waals surface area contributed by atoms with Crippen molar-refractivity contribution in [3.63, 3.8) is 0 Å². The summed E-state index contributed by atoms with van der Waals surface area (Å²) >= 11 is 0. The number of ether oxygens (including phenoxy) is 2. The number of carbonyl (C=O) groups excluding carboxylic acids is 1. The smallest absolute Gasteiger partial charge is 0.226 e. The molecule has 3 rings (SSSR count). The summed E-state index contributed by atoms with van der Waals surface area (Å²) in [4.78, 5) is 18.6. The number of nitrogens with zero attached hydrogens (tertiary/aromatic N) is 1. The fourth-order valence-corrected chi connectivity index (χ4v) is 3.73. The molecule has 0 aliphatic carbocycles. The molecule has 7 heteroatoms. The van der Waals surface area contributed by atoms with E-state index in [9.17, 15) is 9.90 Å². The summed E-state index contributed by atoms with van der Waals surface area (Å²) in [5, 5.41) is 16.6.